The molecule has 0 N–H and O–H groups in total. The number of carbonyl (C=O) groups is 1. The van der Waals surface area contributed by atoms with E-state index >= 15 is 0 Å². The van der Waals surface area contributed by atoms with Gasteiger partial charge in [0.2, 0.25) is 0 Å². The molecule has 0 radical (unpaired) electrons. The Hall–Kier alpha value is -2.60. The molecule has 0 saturated carbocycles. The summed E-state index contributed by atoms with van der Waals surface area (Å²) in [4.78, 5) is 14.8. The fraction of sp³-hybridized carbons (Fsp3) is 0.318. The summed E-state index contributed by atoms with van der Waals surface area (Å²) in [6.45, 7) is 4.46. The lowest BCUT2D eigenvalue weighted by Crippen LogP contribution is -2.28. The Morgan fingerprint density at radius 1 is 1.00 bits per heavy atom. The molecule has 6 heteroatoms. The fourth-order valence-electron chi connectivity index (χ4n) is 3.50. The molecule has 3 aromatic rings. The highest BCUT2D eigenvalue weighted by Gasteiger charge is 2.22. The van der Waals surface area contributed by atoms with Crippen LogP contribution in [-0.4, -0.2) is 38.7 Å². The zero-order valence-corrected chi connectivity index (χ0v) is 16.9. The first-order chi connectivity index (χ1) is 13.7. The minimum Gasteiger partial charge on any atom is -0.339 e. The molecule has 4 rings (SSSR count). The van der Waals surface area contributed by atoms with E-state index < -0.39 is 0 Å². The van der Waals surface area contributed by atoms with Gasteiger partial charge in [-0.3, -0.25) is 4.79 Å². The topological polar surface area (TPSA) is 51.0 Å². The molecule has 1 aromatic heterocycles. The minimum absolute atomic E-state index is 0.149. The Morgan fingerprint density at radius 3 is 2.50 bits per heavy atom. The summed E-state index contributed by atoms with van der Waals surface area (Å²) >= 11 is 1.63. The van der Waals surface area contributed by atoms with E-state index in [1.807, 2.05) is 54.3 Å². The van der Waals surface area contributed by atoms with Gasteiger partial charge in [-0.05, 0) is 37.0 Å². The maximum atomic E-state index is 12.9. The average molecular weight is 393 g/mol. The van der Waals surface area contributed by atoms with Crippen LogP contribution in [0.15, 0.2) is 59.8 Å². The van der Waals surface area contributed by atoms with Crippen LogP contribution in [0.2, 0.25) is 0 Å². The van der Waals surface area contributed by atoms with Crippen LogP contribution in [0.5, 0.6) is 0 Å². The van der Waals surface area contributed by atoms with E-state index in [-0.39, 0.29) is 5.91 Å². The van der Waals surface area contributed by atoms with Gasteiger partial charge in [-0.15, -0.1) is 10.2 Å². The standard InChI is InChI=1S/C22H24N4OS/c1-17-23-24-22(26(17)15-18-9-3-2-4-10-18)28-16-19-11-5-6-12-20(19)21(27)25-13-7-8-14-25/h2-6,9-12H,7-8,13-16H2,1H3. The predicted molar refractivity (Wildman–Crippen MR) is 111 cm³/mol. The number of hydrogen-bond donors (Lipinski definition) is 0. The summed E-state index contributed by atoms with van der Waals surface area (Å²) in [6, 6.07) is 18.3. The van der Waals surface area contributed by atoms with E-state index in [4.69, 9.17) is 0 Å². The molecule has 2 aromatic carbocycles. The van der Waals surface area contributed by atoms with E-state index in [1.165, 1.54) is 5.56 Å². The first-order valence-electron chi connectivity index (χ1n) is 9.66. The predicted octanol–water partition coefficient (Wildman–Crippen LogP) is 4.16. The summed E-state index contributed by atoms with van der Waals surface area (Å²) in [7, 11) is 0. The van der Waals surface area contributed by atoms with Crippen molar-refractivity contribution >= 4 is 17.7 Å². The quantitative estimate of drug-likeness (QED) is 0.591. The van der Waals surface area contributed by atoms with Crippen molar-refractivity contribution in [2.45, 2.75) is 37.2 Å². The Morgan fingerprint density at radius 2 is 1.71 bits per heavy atom. The number of aryl methyl sites for hydroxylation is 1. The van der Waals surface area contributed by atoms with Crippen LogP contribution in [0.25, 0.3) is 0 Å². The highest BCUT2D eigenvalue weighted by atomic mass is 32.2. The molecule has 1 amide bonds. The molecular formula is C22H24N4OS. The van der Waals surface area contributed by atoms with Crippen molar-refractivity contribution in [3.05, 3.63) is 77.1 Å². The Kier molecular flexibility index (Phi) is 5.76. The molecule has 144 valence electrons. The first kappa shape index (κ1) is 18.7. The Labute approximate surface area is 169 Å². The molecule has 28 heavy (non-hydrogen) atoms. The fourth-order valence-corrected chi connectivity index (χ4v) is 4.49. The van der Waals surface area contributed by atoms with Crippen molar-refractivity contribution in [2.24, 2.45) is 0 Å². The summed E-state index contributed by atoms with van der Waals surface area (Å²) < 4.78 is 2.13. The number of hydrogen-bond acceptors (Lipinski definition) is 4. The van der Waals surface area contributed by atoms with E-state index in [0.29, 0.717) is 5.75 Å². The second-order valence-corrected chi connectivity index (χ2v) is 7.99. The number of nitrogens with zero attached hydrogens (tertiary/aromatic N) is 4. The number of aromatic nitrogens is 3. The van der Waals surface area contributed by atoms with Gasteiger partial charge in [0.1, 0.15) is 5.82 Å². The average Bonchev–Trinajstić information content (AvgIpc) is 3.38. The Balaban J connectivity index is 1.51. The number of benzene rings is 2. The summed E-state index contributed by atoms with van der Waals surface area (Å²) in [5.41, 5.74) is 3.08. The SMILES string of the molecule is Cc1nnc(SCc2ccccc2C(=O)N2CCCC2)n1Cc1ccccc1. The van der Waals surface area contributed by atoms with Crippen molar-refractivity contribution in [3.63, 3.8) is 0 Å². The molecule has 0 bridgehead atoms. The van der Waals surface area contributed by atoms with Crippen LogP contribution in [-0.2, 0) is 12.3 Å². The van der Waals surface area contributed by atoms with Crippen molar-refractivity contribution in [2.75, 3.05) is 13.1 Å². The highest BCUT2D eigenvalue weighted by Crippen LogP contribution is 2.26. The van der Waals surface area contributed by atoms with Crippen LogP contribution >= 0.6 is 11.8 Å². The molecule has 1 aliphatic heterocycles. The smallest absolute Gasteiger partial charge is 0.254 e. The zero-order valence-electron chi connectivity index (χ0n) is 16.0. The van der Waals surface area contributed by atoms with E-state index in [9.17, 15) is 4.79 Å². The molecule has 1 fully saturated rings. The maximum Gasteiger partial charge on any atom is 0.254 e. The normalized spacial score (nSPS) is 13.8. The van der Waals surface area contributed by atoms with Gasteiger partial charge in [0.05, 0.1) is 6.54 Å². The van der Waals surface area contributed by atoms with Crippen molar-refractivity contribution < 1.29 is 4.79 Å². The monoisotopic (exact) mass is 392 g/mol. The van der Waals surface area contributed by atoms with Gasteiger partial charge in [-0.2, -0.15) is 0 Å². The molecule has 0 aliphatic carbocycles. The van der Waals surface area contributed by atoms with E-state index in [0.717, 1.165) is 54.6 Å². The van der Waals surface area contributed by atoms with E-state index in [1.54, 1.807) is 11.8 Å². The first-order valence-corrected chi connectivity index (χ1v) is 10.6. The van der Waals surface area contributed by atoms with Crippen LogP contribution in [0.1, 0.15) is 40.2 Å². The van der Waals surface area contributed by atoms with Gasteiger partial charge in [-0.25, -0.2) is 0 Å². The van der Waals surface area contributed by atoms with Gasteiger partial charge in [0.15, 0.2) is 5.16 Å². The van der Waals surface area contributed by atoms with Gasteiger partial charge < -0.3 is 9.47 Å². The lowest BCUT2D eigenvalue weighted by Gasteiger charge is -2.17. The third-order valence-electron chi connectivity index (χ3n) is 5.08. The van der Waals surface area contributed by atoms with Crippen LogP contribution in [0.4, 0.5) is 0 Å². The van der Waals surface area contributed by atoms with Crippen LogP contribution < -0.4 is 0 Å². The van der Waals surface area contributed by atoms with Gasteiger partial charge >= 0.3 is 0 Å². The molecule has 1 aliphatic rings. The van der Waals surface area contributed by atoms with Gasteiger partial charge in [-0.1, -0.05) is 60.3 Å². The number of thioether (sulfide) groups is 1. The van der Waals surface area contributed by atoms with Gasteiger partial charge in [0.25, 0.3) is 5.91 Å². The van der Waals surface area contributed by atoms with E-state index in [2.05, 4.69) is 26.9 Å². The summed E-state index contributed by atoms with van der Waals surface area (Å²) in [6.07, 6.45) is 2.20. The minimum atomic E-state index is 0.149. The number of carbonyl (C=O) groups excluding carboxylic acids is 1. The number of likely N-dealkylation sites (tertiary alicyclic amines) is 1. The van der Waals surface area contributed by atoms with Gasteiger partial charge in [0, 0.05) is 24.4 Å². The van der Waals surface area contributed by atoms with Crippen LogP contribution in [0, 0.1) is 6.92 Å². The molecule has 2 heterocycles. The maximum absolute atomic E-state index is 12.9. The van der Waals surface area contributed by atoms with Crippen molar-refractivity contribution in [1.29, 1.82) is 0 Å². The van der Waals surface area contributed by atoms with Crippen LogP contribution in [0.3, 0.4) is 0 Å². The third-order valence-corrected chi connectivity index (χ3v) is 6.10. The molecule has 0 unspecified atom stereocenters. The second-order valence-electron chi connectivity index (χ2n) is 7.05. The highest BCUT2D eigenvalue weighted by molar-refractivity contribution is 7.98. The zero-order chi connectivity index (χ0) is 19.3. The molecule has 0 atom stereocenters. The summed E-state index contributed by atoms with van der Waals surface area (Å²) in [5.74, 6) is 1.74. The molecule has 5 nitrogen and oxygen atoms in total. The molecule has 0 spiro atoms. The lowest BCUT2D eigenvalue weighted by atomic mass is 10.1. The van der Waals surface area contributed by atoms with Crippen molar-refractivity contribution in [1.82, 2.24) is 19.7 Å². The largest absolute Gasteiger partial charge is 0.339 e. The lowest BCUT2D eigenvalue weighted by molar-refractivity contribution is 0.0792. The second kappa shape index (κ2) is 8.61. The number of rotatable bonds is 6. The summed E-state index contributed by atoms with van der Waals surface area (Å²) in [5, 5.41) is 9.50. The molecule has 1 saturated heterocycles. The third kappa shape index (κ3) is 4.12. The molecular weight excluding hydrogens is 368 g/mol. The number of amides is 1. The van der Waals surface area contributed by atoms with Crippen molar-refractivity contribution in [3.8, 4) is 0 Å². The Bertz CT molecular complexity index is 948.